The Kier molecular flexibility index (Phi) is 2.95. The second kappa shape index (κ2) is 3.78. The van der Waals surface area contributed by atoms with Crippen LogP contribution in [-0.2, 0) is 6.42 Å². The minimum Gasteiger partial charge on any atom is -0.508 e. The van der Waals surface area contributed by atoms with Crippen molar-refractivity contribution in [1.82, 2.24) is 0 Å². The quantitative estimate of drug-likeness (QED) is 0.742. The molecule has 0 saturated carbocycles. The number of rotatable bonds is 2. The van der Waals surface area contributed by atoms with Crippen molar-refractivity contribution in [3.05, 3.63) is 28.8 Å². The van der Waals surface area contributed by atoms with Crippen LogP contribution in [-0.4, -0.2) is 16.3 Å². The molecule has 0 aliphatic carbocycles. The molecule has 1 atom stereocenters. The predicted octanol–water partition coefficient (Wildman–Crippen LogP) is 1.97. The van der Waals surface area contributed by atoms with Crippen LogP contribution >= 0.6 is 11.6 Å². The van der Waals surface area contributed by atoms with Crippen molar-refractivity contribution >= 4 is 11.6 Å². The number of aliphatic hydroxyl groups excluding tert-OH is 1. The van der Waals surface area contributed by atoms with Gasteiger partial charge in [0.1, 0.15) is 5.75 Å². The van der Waals surface area contributed by atoms with E-state index < -0.39 is 6.10 Å². The lowest BCUT2D eigenvalue weighted by molar-refractivity contribution is 0.194. The maximum Gasteiger partial charge on any atom is 0.120 e. The maximum absolute atomic E-state index is 9.34. The van der Waals surface area contributed by atoms with Gasteiger partial charge in [-0.1, -0.05) is 17.7 Å². The summed E-state index contributed by atoms with van der Waals surface area (Å²) in [6.07, 6.45) is -0.110. The first kappa shape index (κ1) is 9.36. The number of phenols is 1. The van der Waals surface area contributed by atoms with E-state index in [4.69, 9.17) is 16.7 Å². The molecule has 1 aromatic rings. The minimum absolute atomic E-state index is 0.142. The van der Waals surface area contributed by atoms with Gasteiger partial charge in [-0.2, -0.15) is 0 Å². The maximum atomic E-state index is 9.34. The molecule has 1 unspecified atom stereocenters. The van der Waals surface area contributed by atoms with Crippen LogP contribution in [0.3, 0.4) is 0 Å². The Bertz CT molecular complexity index is 251. The molecule has 0 amide bonds. The Hall–Kier alpha value is -0.730. The van der Waals surface area contributed by atoms with Crippen LogP contribution in [0.15, 0.2) is 18.2 Å². The van der Waals surface area contributed by atoms with Gasteiger partial charge >= 0.3 is 0 Å². The van der Waals surface area contributed by atoms with Gasteiger partial charge in [-0.05, 0) is 19.1 Å². The first-order valence-corrected chi connectivity index (χ1v) is 4.13. The van der Waals surface area contributed by atoms with Gasteiger partial charge in [-0.3, -0.25) is 0 Å². The van der Waals surface area contributed by atoms with E-state index in [0.29, 0.717) is 17.0 Å². The summed E-state index contributed by atoms with van der Waals surface area (Å²) in [7, 11) is 0. The number of halogens is 1. The number of aromatic hydroxyl groups is 1. The van der Waals surface area contributed by atoms with E-state index in [2.05, 4.69) is 0 Å². The number of hydrogen-bond donors (Lipinski definition) is 2. The molecule has 0 saturated heterocycles. The summed E-state index contributed by atoms with van der Waals surface area (Å²) in [5.74, 6) is 0.142. The second-order valence-corrected chi connectivity index (χ2v) is 3.20. The summed E-state index contributed by atoms with van der Waals surface area (Å²) in [6, 6.07) is 4.92. The van der Waals surface area contributed by atoms with Crippen molar-refractivity contribution in [2.75, 3.05) is 0 Å². The van der Waals surface area contributed by atoms with Gasteiger partial charge in [0.2, 0.25) is 0 Å². The van der Waals surface area contributed by atoms with Crippen LogP contribution in [0.1, 0.15) is 12.5 Å². The minimum atomic E-state index is -0.490. The first-order chi connectivity index (χ1) is 5.61. The van der Waals surface area contributed by atoms with Crippen molar-refractivity contribution in [1.29, 1.82) is 0 Å². The summed E-state index contributed by atoms with van der Waals surface area (Å²) in [5.41, 5.74) is 0.606. The zero-order chi connectivity index (χ0) is 9.14. The lowest BCUT2D eigenvalue weighted by atomic mass is 10.1. The van der Waals surface area contributed by atoms with Crippen LogP contribution in [0.25, 0.3) is 0 Å². The molecular weight excluding hydrogens is 176 g/mol. The SMILES string of the molecule is CC(O)Cc1c(O)cccc1Cl. The lowest BCUT2D eigenvalue weighted by Gasteiger charge is -2.08. The zero-order valence-corrected chi connectivity index (χ0v) is 7.54. The number of hydrogen-bond acceptors (Lipinski definition) is 2. The third-order valence-electron chi connectivity index (χ3n) is 1.59. The molecule has 12 heavy (non-hydrogen) atoms. The van der Waals surface area contributed by atoms with Crippen molar-refractivity contribution in [3.8, 4) is 5.75 Å². The number of benzene rings is 1. The molecule has 66 valence electrons. The van der Waals surface area contributed by atoms with Crippen LogP contribution in [0, 0.1) is 0 Å². The van der Waals surface area contributed by atoms with E-state index in [-0.39, 0.29) is 5.75 Å². The van der Waals surface area contributed by atoms with Gasteiger partial charge in [0.05, 0.1) is 6.10 Å². The average molecular weight is 187 g/mol. The lowest BCUT2D eigenvalue weighted by Crippen LogP contribution is -2.04. The smallest absolute Gasteiger partial charge is 0.120 e. The Morgan fingerprint density at radius 3 is 2.67 bits per heavy atom. The molecule has 2 nitrogen and oxygen atoms in total. The summed E-state index contributed by atoms with van der Waals surface area (Å²) in [6.45, 7) is 1.66. The van der Waals surface area contributed by atoms with Crippen LogP contribution in [0.2, 0.25) is 5.02 Å². The van der Waals surface area contributed by atoms with Crippen molar-refractivity contribution in [3.63, 3.8) is 0 Å². The Balaban J connectivity index is 2.96. The highest BCUT2D eigenvalue weighted by Crippen LogP contribution is 2.26. The molecule has 0 aromatic heterocycles. The molecule has 3 heteroatoms. The van der Waals surface area contributed by atoms with E-state index in [0.717, 1.165) is 0 Å². The fraction of sp³-hybridized carbons (Fsp3) is 0.333. The molecule has 1 rings (SSSR count). The monoisotopic (exact) mass is 186 g/mol. The number of aliphatic hydroxyl groups is 1. The summed E-state index contributed by atoms with van der Waals surface area (Å²) in [5, 5.41) is 18.9. The van der Waals surface area contributed by atoms with Crippen molar-refractivity contribution < 1.29 is 10.2 Å². The summed E-state index contributed by atoms with van der Waals surface area (Å²) < 4.78 is 0. The summed E-state index contributed by atoms with van der Waals surface area (Å²) in [4.78, 5) is 0. The molecular formula is C9H11ClO2. The van der Waals surface area contributed by atoms with Crippen LogP contribution < -0.4 is 0 Å². The van der Waals surface area contributed by atoms with Crippen LogP contribution in [0.5, 0.6) is 5.75 Å². The second-order valence-electron chi connectivity index (χ2n) is 2.79. The fourth-order valence-corrected chi connectivity index (χ4v) is 1.29. The highest BCUT2D eigenvalue weighted by molar-refractivity contribution is 6.31. The third-order valence-corrected chi connectivity index (χ3v) is 1.95. The fourth-order valence-electron chi connectivity index (χ4n) is 1.04. The highest BCUT2D eigenvalue weighted by Gasteiger charge is 2.07. The van der Waals surface area contributed by atoms with Crippen LogP contribution in [0.4, 0.5) is 0 Å². The Morgan fingerprint density at radius 2 is 2.17 bits per heavy atom. The van der Waals surface area contributed by atoms with E-state index in [1.807, 2.05) is 0 Å². The molecule has 0 fully saturated rings. The summed E-state index contributed by atoms with van der Waals surface area (Å²) >= 11 is 5.80. The van der Waals surface area contributed by atoms with Gasteiger partial charge in [-0.25, -0.2) is 0 Å². The predicted molar refractivity (Wildman–Crippen MR) is 48.5 cm³/mol. The average Bonchev–Trinajstić information content (AvgIpc) is 1.97. The third kappa shape index (κ3) is 2.13. The first-order valence-electron chi connectivity index (χ1n) is 3.75. The van der Waals surface area contributed by atoms with Gasteiger partial charge < -0.3 is 10.2 Å². The van der Waals surface area contributed by atoms with E-state index in [1.54, 1.807) is 25.1 Å². The van der Waals surface area contributed by atoms with Gasteiger partial charge in [-0.15, -0.1) is 0 Å². The number of phenolic OH excluding ortho intramolecular Hbond substituents is 1. The van der Waals surface area contributed by atoms with E-state index in [1.165, 1.54) is 0 Å². The zero-order valence-electron chi connectivity index (χ0n) is 6.79. The van der Waals surface area contributed by atoms with Gasteiger partial charge in [0, 0.05) is 17.0 Å². The Labute approximate surface area is 76.4 Å². The van der Waals surface area contributed by atoms with E-state index >= 15 is 0 Å². The largest absolute Gasteiger partial charge is 0.508 e. The molecule has 0 radical (unpaired) electrons. The van der Waals surface area contributed by atoms with Crippen molar-refractivity contribution in [2.24, 2.45) is 0 Å². The van der Waals surface area contributed by atoms with E-state index in [9.17, 15) is 5.11 Å². The van der Waals surface area contributed by atoms with Gasteiger partial charge in [0.15, 0.2) is 0 Å². The molecule has 0 spiro atoms. The standard InChI is InChI=1S/C9H11ClO2/c1-6(11)5-7-8(10)3-2-4-9(7)12/h2-4,6,11-12H,5H2,1H3. The molecule has 0 aliphatic rings. The molecule has 0 heterocycles. The molecule has 0 aliphatic heterocycles. The van der Waals surface area contributed by atoms with Crippen molar-refractivity contribution in [2.45, 2.75) is 19.4 Å². The molecule has 2 N–H and O–H groups in total. The topological polar surface area (TPSA) is 40.5 Å². The van der Waals surface area contributed by atoms with Gasteiger partial charge in [0.25, 0.3) is 0 Å². The highest BCUT2D eigenvalue weighted by atomic mass is 35.5. The Morgan fingerprint density at radius 1 is 1.50 bits per heavy atom. The molecule has 1 aromatic carbocycles. The normalized spacial score (nSPS) is 12.9. The molecule has 0 bridgehead atoms.